The fraction of sp³-hybridized carbons (Fsp3) is 0.152. The predicted octanol–water partition coefficient (Wildman–Crippen LogP) is 8.44. The lowest BCUT2D eigenvalue weighted by Crippen LogP contribution is -2.29. The molecule has 0 aliphatic heterocycles. The van der Waals surface area contributed by atoms with E-state index in [-0.39, 0.29) is 5.41 Å². The average Bonchev–Trinajstić information content (AvgIpc) is 3.11. The molecule has 0 heteroatoms. The fourth-order valence-corrected chi connectivity index (χ4v) is 5.70. The smallest absolute Gasteiger partial charge is 0.0619 e. The van der Waals surface area contributed by atoms with Gasteiger partial charge in [-0.1, -0.05) is 84.9 Å². The second-order valence-electron chi connectivity index (χ2n) is 9.64. The van der Waals surface area contributed by atoms with Crippen molar-refractivity contribution in [1.29, 1.82) is 0 Å². The van der Waals surface area contributed by atoms with Gasteiger partial charge in [0, 0.05) is 0 Å². The molecule has 0 spiro atoms. The van der Waals surface area contributed by atoms with Crippen molar-refractivity contribution in [1.82, 2.24) is 0 Å². The Kier molecular flexibility index (Phi) is 4.35. The highest BCUT2D eigenvalue weighted by Crippen LogP contribution is 2.57. The lowest BCUT2D eigenvalue weighted by Gasteiger charge is -2.35. The number of hydrogen-bond donors (Lipinski definition) is 0. The summed E-state index contributed by atoms with van der Waals surface area (Å²) in [5.74, 6) is 0. The summed E-state index contributed by atoms with van der Waals surface area (Å²) in [4.78, 5) is 0. The molecule has 0 radical (unpaired) electrons. The molecule has 0 unspecified atom stereocenters. The van der Waals surface area contributed by atoms with Gasteiger partial charge in [-0.3, -0.25) is 0 Å². The second kappa shape index (κ2) is 7.18. The average molecular weight is 425 g/mol. The molecule has 0 aromatic heterocycles. The summed E-state index contributed by atoms with van der Waals surface area (Å²) in [7, 11) is 0. The second-order valence-corrected chi connectivity index (χ2v) is 9.64. The molecule has 0 N–H and O–H groups in total. The van der Waals surface area contributed by atoms with E-state index in [1.807, 2.05) is 0 Å². The lowest BCUT2D eigenvalue weighted by atomic mass is 9.66. The zero-order valence-corrected chi connectivity index (χ0v) is 19.7. The normalized spacial score (nSPS) is 13.7. The Hall–Kier alpha value is -3.64. The molecule has 1 aliphatic rings. The minimum Gasteiger partial charge on any atom is -0.0619 e. The van der Waals surface area contributed by atoms with Gasteiger partial charge in [0.05, 0.1) is 5.41 Å². The Balaban J connectivity index is 1.82. The molecule has 33 heavy (non-hydrogen) atoms. The number of fused-ring (bicyclic) bond motifs is 4. The Bertz CT molecular complexity index is 1500. The van der Waals surface area contributed by atoms with E-state index in [0.717, 1.165) is 0 Å². The van der Waals surface area contributed by atoms with Crippen LogP contribution in [0.15, 0.2) is 97.1 Å². The number of aryl methyl sites for hydroxylation is 4. The SMILES string of the molecule is Cc1ccc(C2(c3ccc(C)c(C)c3)c3ccccc3-c3cc4ccccc4cc32)cc1C. The molecule has 0 nitrogen and oxygen atoms in total. The minimum atomic E-state index is -0.340. The van der Waals surface area contributed by atoms with Crippen molar-refractivity contribution < 1.29 is 0 Å². The molecule has 5 aromatic rings. The third-order valence-corrected chi connectivity index (χ3v) is 7.79. The van der Waals surface area contributed by atoms with Crippen molar-refractivity contribution in [3.63, 3.8) is 0 Å². The summed E-state index contributed by atoms with van der Waals surface area (Å²) >= 11 is 0. The molecular formula is C33H28. The zero-order valence-electron chi connectivity index (χ0n) is 19.7. The first-order valence-corrected chi connectivity index (χ1v) is 11.8. The van der Waals surface area contributed by atoms with Crippen LogP contribution >= 0.6 is 0 Å². The van der Waals surface area contributed by atoms with Crippen LogP contribution in [0, 0.1) is 27.7 Å². The van der Waals surface area contributed by atoms with E-state index in [4.69, 9.17) is 0 Å². The lowest BCUT2D eigenvalue weighted by molar-refractivity contribution is 0.766. The van der Waals surface area contributed by atoms with E-state index in [0.29, 0.717) is 0 Å². The number of rotatable bonds is 2. The highest BCUT2D eigenvalue weighted by atomic mass is 14.5. The van der Waals surface area contributed by atoms with Crippen molar-refractivity contribution in [2.24, 2.45) is 0 Å². The summed E-state index contributed by atoms with van der Waals surface area (Å²) in [5.41, 5.74) is 13.1. The maximum atomic E-state index is 2.44. The van der Waals surface area contributed by atoms with Gasteiger partial charge in [-0.15, -0.1) is 0 Å². The number of hydrogen-bond acceptors (Lipinski definition) is 0. The van der Waals surface area contributed by atoms with E-state index < -0.39 is 0 Å². The van der Waals surface area contributed by atoms with Crippen LogP contribution in [-0.4, -0.2) is 0 Å². The molecule has 160 valence electrons. The molecule has 5 aromatic carbocycles. The van der Waals surface area contributed by atoms with Crippen molar-refractivity contribution >= 4 is 10.8 Å². The van der Waals surface area contributed by atoms with Gasteiger partial charge in [-0.2, -0.15) is 0 Å². The minimum absolute atomic E-state index is 0.340. The van der Waals surface area contributed by atoms with E-state index >= 15 is 0 Å². The molecule has 0 amide bonds. The topological polar surface area (TPSA) is 0 Å². The van der Waals surface area contributed by atoms with Crippen molar-refractivity contribution in [2.45, 2.75) is 33.1 Å². The summed E-state index contributed by atoms with van der Waals surface area (Å²) < 4.78 is 0. The monoisotopic (exact) mass is 424 g/mol. The van der Waals surface area contributed by atoms with Crippen molar-refractivity contribution in [3.8, 4) is 11.1 Å². The van der Waals surface area contributed by atoms with Crippen LogP contribution in [0.5, 0.6) is 0 Å². The van der Waals surface area contributed by atoms with Gasteiger partial charge in [0.2, 0.25) is 0 Å². The first kappa shape index (κ1) is 20.0. The van der Waals surface area contributed by atoms with Crippen LogP contribution in [0.4, 0.5) is 0 Å². The molecule has 0 saturated heterocycles. The van der Waals surface area contributed by atoms with E-state index in [1.165, 1.54) is 66.4 Å². The van der Waals surface area contributed by atoms with E-state index in [1.54, 1.807) is 0 Å². The van der Waals surface area contributed by atoms with Gasteiger partial charge in [-0.25, -0.2) is 0 Å². The van der Waals surface area contributed by atoms with Gasteiger partial charge >= 0.3 is 0 Å². The van der Waals surface area contributed by atoms with Crippen molar-refractivity contribution in [3.05, 3.63) is 142 Å². The standard InChI is InChI=1S/C33H28/c1-21-13-15-27(17-23(21)3)33(28-16-14-22(2)24(4)18-28)31-12-8-7-11-29(31)30-19-25-9-5-6-10-26(25)20-32(30)33/h5-20H,1-4H3. The molecule has 0 bridgehead atoms. The van der Waals surface area contributed by atoms with Crippen LogP contribution in [0.2, 0.25) is 0 Å². The summed E-state index contributed by atoms with van der Waals surface area (Å²) in [6, 6.07) is 36.7. The van der Waals surface area contributed by atoms with Crippen LogP contribution in [-0.2, 0) is 5.41 Å². The van der Waals surface area contributed by atoms with E-state index in [9.17, 15) is 0 Å². The van der Waals surface area contributed by atoms with Gasteiger partial charge in [-0.05, 0) is 106 Å². The zero-order chi connectivity index (χ0) is 22.7. The van der Waals surface area contributed by atoms with Crippen LogP contribution in [0.1, 0.15) is 44.5 Å². The third-order valence-electron chi connectivity index (χ3n) is 7.79. The highest BCUT2D eigenvalue weighted by Gasteiger charge is 2.46. The highest BCUT2D eigenvalue weighted by molar-refractivity contribution is 5.95. The van der Waals surface area contributed by atoms with Crippen LogP contribution < -0.4 is 0 Å². The maximum absolute atomic E-state index is 2.44. The first-order valence-electron chi connectivity index (χ1n) is 11.8. The molecule has 6 rings (SSSR count). The molecule has 0 fully saturated rings. The van der Waals surface area contributed by atoms with Gasteiger partial charge < -0.3 is 0 Å². The molecule has 0 heterocycles. The Morgan fingerprint density at radius 1 is 0.424 bits per heavy atom. The van der Waals surface area contributed by atoms with Gasteiger partial charge in [0.1, 0.15) is 0 Å². The molecule has 0 atom stereocenters. The van der Waals surface area contributed by atoms with E-state index in [2.05, 4.69) is 125 Å². The van der Waals surface area contributed by atoms with Gasteiger partial charge in [0.25, 0.3) is 0 Å². The Labute approximate surface area is 196 Å². The Morgan fingerprint density at radius 3 is 1.58 bits per heavy atom. The van der Waals surface area contributed by atoms with Crippen molar-refractivity contribution in [2.75, 3.05) is 0 Å². The molecule has 0 saturated carbocycles. The van der Waals surface area contributed by atoms with Crippen LogP contribution in [0.3, 0.4) is 0 Å². The fourth-order valence-electron chi connectivity index (χ4n) is 5.70. The summed E-state index contributed by atoms with van der Waals surface area (Å²) in [6.07, 6.45) is 0. The maximum Gasteiger partial charge on any atom is 0.0713 e. The molecular weight excluding hydrogens is 396 g/mol. The first-order chi connectivity index (χ1) is 16.0. The largest absolute Gasteiger partial charge is 0.0713 e. The molecule has 1 aliphatic carbocycles. The van der Waals surface area contributed by atoms with Crippen LogP contribution in [0.25, 0.3) is 21.9 Å². The Morgan fingerprint density at radius 2 is 0.970 bits per heavy atom. The predicted molar refractivity (Wildman–Crippen MR) is 140 cm³/mol. The summed E-state index contributed by atoms with van der Waals surface area (Å²) in [6.45, 7) is 8.86. The number of benzene rings is 5. The summed E-state index contributed by atoms with van der Waals surface area (Å²) in [5, 5.41) is 2.59. The quantitative estimate of drug-likeness (QED) is 0.262. The third kappa shape index (κ3) is 2.77. The van der Waals surface area contributed by atoms with Gasteiger partial charge in [0.15, 0.2) is 0 Å².